The average molecular weight is 277 g/mol. The normalized spacial score (nSPS) is 10.4. The molecule has 0 N–H and O–H groups in total. The highest BCUT2D eigenvalue weighted by molar-refractivity contribution is 5.77. The average Bonchev–Trinajstić information content (AvgIpc) is 2.43. The second kappa shape index (κ2) is 8.35. The van der Waals surface area contributed by atoms with Gasteiger partial charge in [-0.05, 0) is 11.5 Å². The largest absolute Gasteiger partial charge is 0.469 e. The Labute approximate surface area is 120 Å². The molecule has 0 saturated heterocycles. The summed E-state index contributed by atoms with van der Waals surface area (Å²) in [6, 6.07) is 9.79. The van der Waals surface area contributed by atoms with Gasteiger partial charge in [0.15, 0.2) is 0 Å². The Bertz CT molecular complexity index is 429. The molecule has 0 aliphatic carbocycles. The van der Waals surface area contributed by atoms with Gasteiger partial charge in [-0.3, -0.25) is 9.59 Å². The van der Waals surface area contributed by atoms with Crippen LogP contribution in [0.4, 0.5) is 0 Å². The van der Waals surface area contributed by atoms with Crippen LogP contribution in [-0.4, -0.2) is 30.4 Å². The van der Waals surface area contributed by atoms with Gasteiger partial charge in [-0.1, -0.05) is 44.2 Å². The third kappa shape index (κ3) is 5.87. The lowest BCUT2D eigenvalue weighted by Crippen LogP contribution is -2.33. The Kier molecular flexibility index (Phi) is 6.77. The molecule has 0 radical (unpaired) electrons. The first kappa shape index (κ1) is 16.2. The predicted octanol–water partition coefficient (Wildman–Crippen LogP) is 2.62. The zero-order valence-corrected chi connectivity index (χ0v) is 12.5. The monoisotopic (exact) mass is 277 g/mol. The number of nitrogens with zero attached hydrogens (tertiary/aromatic N) is 1. The van der Waals surface area contributed by atoms with Gasteiger partial charge in [0.1, 0.15) is 0 Å². The van der Waals surface area contributed by atoms with Crippen LogP contribution in [0.2, 0.25) is 0 Å². The maximum absolute atomic E-state index is 12.2. The Morgan fingerprint density at radius 2 is 1.85 bits per heavy atom. The molecule has 0 fully saturated rings. The fourth-order valence-electron chi connectivity index (χ4n) is 1.90. The fraction of sp³-hybridized carbons (Fsp3) is 0.500. The third-order valence-electron chi connectivity index (χ3n) is 2.97. The molecule has 0 aromatic heterocycles. The molecule has 0 unspecified atom stereocenters. The molecule has 0 aliphatic rings. The van der Waals surface area contributed by atoms with Crippen molar-refractivity contribution < 1.29 is 14.3 Å². The van der Waals surface area contributed by atoms with E-state index in [4.69, 9.17) is 0 Å². The van der Waals surface area contributed by atoms with Gasteiger partial charge in [0.05, 0.1) is 13.5 Å². The lowest BCUT2D eigenvalue weighted by atomic mass is 10.1. The topological polar surface area (TPSA) is 46.6 Å². The maximum Gasteiger partial charge on any atom is 0.307 e. The number of esters is 1. The zero-order chi connectivity index (χ0) is 15.0. The molecule has 1 amide bonds. The number of hydrogen-bond donors (Lipinski definition) is 0. The van der Waals surface area contributed by atoms with E-state index >= 15 is 0 Å². The van der Waals surface area contributed by atoms with E-state index in [9.17, 15) is 9.59 Å². The Hall–Kier alpha value is -1.84. The van der Waals surface area contributed by atoms with Crippen molar-refractivity contribution in [1.29, 1.82) is 0 Å². The van der Waals surface area contributed by atoms with Gasteiger partial charge in [-0.25, -0.2) is 0 Å². The maximum atomic E-state index is 12.2. The summed E-state index contributed by atoms with van der Waals surface area (Å²) in [6.45, 7) is 4.95. The molecule has 0 saturated carbocycles. The van der Waals surface area contributed by atoms with Gasteiger partial charge in [0.25, 0.3) is 0 Å². The summed E-state index contributed by atoms with van der Waals surface area (Å²) in [5.74, 6) is 0.0899. The van der Waals surface area contributed by atoms with Crippen LogP contribution in [0.1, 0.15) is 32.3 Å². The summed E-state index contributed by atoms with van der Waals surface area (Å²) in [6.07, 6.45) is 0.723. The van der Waals surface area contributed by atoms with Crippen molar-refractivity contribution in [2.45, 2.75) is 33.2 Å². The second-order valence-electron chi connectivity index (χ2n) is 5.22. The molecule has 0 aliphatic heterocycles. The van der Waals surface area contributed by atoms with E-state index < -0.39 is 0 Å². The van der Waals surface area contributed by atoms with Crippen molar-refractivity contribution in [3.05, 3.63) is 35.9 Å². The van der Waals surface area contributed by atoms with Crippen molar-refractivity contribution in [1.82, 2.24) is 4.90 Å². The van der Waals surface area contributed by atoms with E-state index in [1.54, 1.807) is 4.90 Å². The van der Waals surface area contributed by atoms with E-state index in [0.717, 1.165) is 5.56 Å². The van der Waals surface area contributed by atoms with Crippen molar-refractivity contribution in [2.24, 2.45) is 5.92 Å². The predicted molar refractivity (Wildman–Crippen MR) is 77.9 cm³/mol. The molecule has 20 heavy (non-hydrogen) atoms. The van der Waals surface area contributed by atoms with Crippen LogP contribution in [-0.2, 0) is 20.9 Å². The first-order chi connectivity index (χ1) is 9.52. The number of ether oxygens (including phenoxy) is 1. The molecule has 0 heterocycles. The molecule has 0 spiro atoms. The molecule has 110 valence electrons. The molecule has 1 aromatic carbocycles. The Morgan fingerprint density at radius 3 is 2.40 bits per heavy atom. The van der Waals surface area contributed by atoms with Gasteiger partial charge in [0.2, 0.25) is 5.91 Å². The number of hydrogen-bond acceptors (Lipinski definition) is 3. The highest BCUT2D eigenvalue weighted by atomic mass is 16.5. The highest BCUT2D eigenvalue weighted by Crippen LogP contribution is 2.10. The third-order valence-corrected chi connectivity index (χ3v) is 2.97. The number of benzene rings is 1. The molecular formula is C16H23NO3. The minimum Gasteiger partial charge on any atom is -0.469 e. The van der Waals surface area contributed by atoms with E-state index in [1.165, 1.54) is 7.11 Å². The summed E-state index contributed by atoms with van der Waals surface area (Å²) < 4.78 is 4.63. The van der Waals surface area contributed by atoms with Crippen molar-refractivity contribution in [2.75, 3.05) is 13.7 Å². The smallest absolute Gasteiger partial charge is 0.307 e. The molecular weight excluding hydrogens is 254 g/mol. The van der Waals surface area contributed by atoms with E-state index in [0.29, 0.717) is 25.4 Å². The lowest BCUT2D eigenvalue weighted by Gasteiger charge is -2.23. The summed E-state index contributed by atoms with van der Waals surface area (Å²) in [4.78, 5) is 25.2. The highest BCUT2D eigenvalue weighted by Gasteiger charge is 2.16. The van der Waals surface area contributed by atoms with Crippen molar-refractivity contribution >= 4 is 11.9 Å². The first-order valence-electron chi connectivity index (χ1n) is 6.91. The van der Waals surface area contributed by atoms with Gasteiger partial charge in [-0.15, -0.1) is 0 Å². The summed E-state index contributed by atoms with van der Waals surface area (Å²) in [7, 11) is 1.36. The minimum atomic E-state index is -0.291. The standard InChI is InChI=1S/C16H23NO3/c1-13(2)11-15(18)17(10-9-16(19)20-3)12-14-7-5-4-6-8-14/h4-8,13H,9-12H2,1-3H3. The number of amides is 1. The van der Waals surface area contributed by atoms with Crippen LogP contribution in [0, 0.1) is 5.92 Å². The number of methoxy groups -OCH3 is 1. The van der Waals surface area contributed by atoms with Gasteiger partial charge < -0.3 is 9.64 Å². The fourth-order valence-corrected chi connectivity index (χ4v) is 1.90. The van der Waals surface area contributed by atoms with Crippen molar-refractivity contribution in [3.8, 4) is 0 Å². The van der Waals surface area contributed by atoms with E-state index in [-0.39, 0.29) is 18.3 Å². The lowest BCUT2D eigenvalue weighted by molar-refractivity contribution is -0.142. The van der Waals surface area contributed by atoms with Crippen LogP contribution < -0.4 is 0 Å². The molecule has 4 heteroatoms. The van der Waals surface area contributed by atoms with Crippen LogP contribution in [0.25, 0.3) is 0 Å². The van der Waals surface area contributed by atoms with E-state index in [1.807, 2.05) is 44.2 Å². The van der Waals surface area contributed by atoms with Gasteiger partial charge in [0, 0.05) is 19.5 Å². The summed E-state index contributed by atoms with van der Waals surface area (Å²) in [5, 5.41) is 0. The van der Waals surface area contributed by atoms with Gasteiger partial charge in [-0.2, -0.15) is 0 Å². The molecule has 0 bridgehead atoms. The molecule has 1 rings (SSSR count). The van der Waals surface area contributed by atoms with Crippen LogP contribution in [0.3, 0.4) is 0 Å². The number of carbonyl (C=O) groups excluding carboxylic acids is 2. The van der Waals surface area contributed by atoms with Crippen LogP contribution in [0.15, 0.2) is 30.3 Å². The quantitative estimate of drug-likeness (QED) is 0.720. The number of carbonyl (C=O) groups is 2. The SMILES string of the molecule is COC(=O)CCN(Cc1ccccc1)C(=O)CC(C)C. The zero-order valence-electron chi connectivity index (χ0n) is 12.5. The second-order valence-corrected chi connectivity index (χ2v) is 5.22. The summed E-state index contributed by atoms with van der Waals surface area (Å²) in [5.41, 5.74) is 1.06. The Morgan fingerprint density at radius 1 is 1.20 bits per heavy atom. The molecule has 0 atom stereocenters. The van der Waals surface area contributed by atoms with Crippen molar-refractivity contribution in [3.63, 3.8) is 0 Å². The van der Waals surface area contributed by atoms with E-state index in [2.05, 4.69) is 4.74 Å². The minimum absolute atomic E-state index is 0.0766. The molecule has 1 aromatic rings. The number of rotatable bonds is 7. The summed E-state index contributed by atoms with van der Waals surface area (Å²) >= 11 is 0. The first-order valence-corrected chi connectivity index (χ1v) is 6.91. The van der Waals surface area contributed by atoms with Crippen LogP contribution in [0.5, 0.6) is 0 Å². The van der Waals surface area contributed by atoms with Gasteiger partial charge >= 0.3 is 5.97 Å². The Balaban J connectivity index is 2.68. The molecule has 4 nitrogen and oxygen atoms in total. The van der Waals surface area contributed by atoms with Crippen LogP contribution >= 0.6 is 0 Å².